The summed E-state index contributed by atoms with van der Waals surface area (Å²) in [5.41, 5.74) is -0.0611. The first-order valence-electron chi connectivity index (χ1n) is 8.76. The van der Waals surface area contributed by atoms with E-state index in [9.17, 15) is 19.7 Å². The highest BCUT2D eigenvalue weighted by Crippen LogP contribution is 2.40. The predicted molar refractivity (Wildman–Crippen MR) is 98.3 cm³/mol. The summed E-state index contributed by atoms with van der Waals surface area (Å²) >= 11 is 0. The van der Waals surface area contributed by atoms with Crippen molar-refractivity contribution in [3.63, 3.8) is 0 Å². The highest BCUT2D eigenvalue weighted by Gasteiger charge is 2.31. The van der Waals surface area contributed by atoms with Crippen LogP contribution in [0.3, 0.4) is 0 Å². The zero-order valence-electron chi connectivity index (χ0n) is 15.1. The van der Waals surface area contributed by atoms with Crippen LogP contribution in [0.15, 0.2) is 36.5 Å². The molecule has 0 saturated heterocycles. The van der Waals surface area contributed by atoms with Crippen LogP contribution in [0.4, 0.5) is 11.5 Å². The van der Waals surface area contributed by atoms with Crippen LogP contribution in [0.1, 0.15) is 43.1 Å². The van der Waals surface area contributed by atoms with Crippen LogP contribution >= 0.6 is 0 Å². The average Bonchev–Trinajstić information content (AvgIpc) is 3.40. The van der Waals surface area contributed by atoms with Crippen molar-refractivity contribution in [3.05, 3.63) is 52.2 Å². The number of hydrogen-bond donors (Lipinski definition) is 2. The minimum Gasteiger partial charge on any atom is -0.341 e. The van der Waals surface area contributed by atoms with E-state index in [-0.39, 0.29) is 17.3 Å². The first-order valence-corrected chi connectivity index (χ1v) is 8.76. The molecule has 0 radical (unpaired) electrons. The molecule has 3 rings (SSSR count). The Kier molecular flexibility index (Phi) is 5.20. The summed E-state index contributed by atoms with van der Waals surface area (Å²) in [7, 11) is 0. The molecular weight excluding hydrogens is 350 g/mol. The summed E-state index contributed by atoms with van der Waals surface area (Å²) in [6.07, 6.45) is 3.94. The zero-order valence-corrected chi connectivity index (χ0v) is 15.1. The molecule has 1 aliphatic rings. The third-order valence-electron chi connectivity index (χ3n) is 4.67. The minimum absolute atomic E-state index is 0.122. The Labute approximate surface area is 155 Å². The van der Waals surface area contributed by atoms with Gasteiger partial charge in [-0.3, -0.25) is 19.7 Å². The zero-order chi connectivity index (χ0) is 19.6. The fourth-order valence-corrected chi connectivity index (χ4v) is 2.86. The van der Waals surface area contributed by atoms with Gasteiger partial charge in [0.2, 0.25) is 5.91 Å². The molecule has 142 valence electrons. The summed E-state index contributed by atoms with van der Waals surface area (Å²) in [5.74, 6) is 0.210. The van der Waals surface area contributed by atoms with E-state index >= 15 is 0 Å². The summed E-state index contributed by atoms with van der Waals surface area (Å²) in [5, 5.41) is 20.4. The van der Waals surface area contributed by atoms with Crippen LogP contribution in [0, 0.1) is 16.0 Å². The number of nitrogens with one attached hydrogen (secondary N) is 2. The summed E-state index contributed by atoms with van der Waals surface area (Å²) in [4.78, 5) is 35.0. The van der Waals surface area contributed by atoms with Gasteiger partial charge < -0.3 is 10.6 Å². The van der Waals surface area contributed by atoms with E-state index in [1.54, 1.807) is 23.9 Å². The molecule has 9 heteroatoms. The van der Waals surface area contributed by atoms with Crippen molar-refractivity contribution in [2.75, 3.05) is 5.32 Å². The number of carbonyl (C=O) groups excluding carboxylic acids is 2. The van der Waals surface area contributed by atoms with Crippen LogP contribution < -0.4 is 10.6 Å². The largest absolute Gasteiger partial charge is 0.341 e. The number of aromatic nitrogens is 2. The standard InChI is InChI=1S/C18H21N5O4/c1-11(20-18(25)14-4-3-5-15(10-14)23(26)27)17(24)21-16-8-9-19-22(16)12(2)13-6-7-13/h3-5,8-13H,6-7H2,1-2H3,(H,20,25)(H,21,24). The Morgan fingerprint density at radius 1 is 1.30 bits per heavy atom. The van der Waals surface area contributed by atoms with Crippen LogP contribution in [-0.4, -0.2) is 32.6 Å². The lowest BCUT2D eigenvalue weighted by molar-refractivity contribution is -0.384. The average molecular weight is 371 g/mol. The van der Waals surface area contributed by atoms with E-state index in [2.05, 4.69) is 22.7 Å². The molecule has 1 aromatic carbocycles. The van der Waals surface area contributed by atoms with Crippen molar-refractivity contribution >= 4 is 23.3 Å². The summed E-state index contributed by atoms with van der Waals surface area (Å²) in [6.45, 7) is 3.61. The van der Waals surface area contributed by atoms with Gasteiger partial charge in [0, 0.05) is 23.8 Å². The molecule has 9 nitrogen and oxygen atoms in total. The molecule has 2 unspecified atom stereocenters. The van der Waals surface area contributed by atoms with Gasteiger partial charge in [-0.15, -0.1) is 0 Å². The van der Waals surface area contributed by atoms with Gasteiger partial charge >= 0.3 is 0 Å². The first kappa shape index (κ1) is 18.6. The van der Waals surface area contributed by atoms with E-state index < -0.39 is 22.8 Å². The van der Waals surface area contributed by atoms with Crippen molar-refractivity contribution in [2.45, 2.75) is 38.8 Å². The lowest BCUT2D eigenvalue weighted by atomic mass is 10.1. The smallest absolute Gasteiger partial charge is 0.270 e. The fraction of sp³-hybridized carbons (Fsp3) is 0.389. The van der Waals surface area contributed by atoms with Crippen molar-refractivity contribution < 1.29 is 14.5 Å². The third-order valence-corrected chi connectivity index (χ3v) is 4.67. The van der Waals surface area contributed by atoms with Crippen molar-refractivity contribution in [1.82, 2.24) is 15.1 Å². The molecule has 2 atom stereocenters. The number of anilines is 1. The molecule has 1 saturated carbocycles. The van der Waals surface area contributed by atoms with E-state index in [0.29, 0.717) is 11.7 Å². The maximum atomic E-state index is 12.4. The normalized spacial score (nSPS) is 15.6. The second kappa shape index (κ2) is 7.56. The first-order chi connectivity index (χ1) is 12.9. The van der Waals surface area contributed by atoms with Gasteiger partial charge in [0.1, 0.15) is 11.9 Å². The molecule has 2 aromatic rings. The SMILES string of the molecule is CC(NC(=O)c1cccc([N+](=O)[O-])c1)C(=O)Nc1ccnn1C(C)C1CC1. The van der Waals surface area contributed by atoms with Crippen LogP contribution in [-0.2, 0) is 4.79 Å². The maximum Gasteiger partial charge on any atom is 0.270 e. The molecule has 2 amide bonds. The van der Waals surface area contributed by atoms with E-state index in [1.165, 1.54) is 24.3 Å². The Morgan fingerprint density at radius 3 is 2.70 bits per heavy atom. The van der Waals surface area contributed by atoms with Crippen molar-refractivity contribution in [2.24, 2.45) is 5.92 Å². The van der Waals surface area contributed by atoms with Crippen LogP contribution in [0.25, 0.3) is 0 Å². The minimum atomic E-state index is -0.823. The third kappa shape index (κ3) is 4.30. The number of amides is 2. The fourth-order valence-electron chi connectivity index (χ4n) is 2.86. The predicted octanol–water partition coefficient (Wildman–Crippen LogP) is 2.52. The second-order valence-corrected chi connectivity index (χ2v) is 6.73. The number of hydrogen-bond acceptors (Lipinski definition) is 5. The van der Waals surface area contributed by atoms with Gasteiger partial charge in [-0.2, -0.15) is 5.10 Å². The highest BCUT2D eigenvalue weighted by molar-refractivity contribution is 6.00. The molecule has 2 N–H and O–H groups in total. The quantitative estimate of drug-likeness (QED) is 0.572. The number of non-ortho nitro benzene ring substituents is 1. The monoisotopic (exact) mass is 371 g/mol. The molecule has 0 bridgehead atoms. The number of nitro benzene ring substituents is 1. The highest BCUT2D eigenvalue weighted by atomic mass is 16.6. The summed E-state index contributed by atoms with van der Waals surface area (Å²) in [6, 6.07) is 6.45. The number of rotatable bonds is 7. The lowest BCUT2D eigenvalue weighted by Crippen LogP contribution is -2.42. The van der Waals surface area contributed by atoms with Crippen LogP contribution in [0.5, 0.6) is 0 Å². The Bertz CT molecular complexity index is 874. The molecule has 0 spiro atoms. The summed E-state index contributed by atoms with van der Waals surface area (Å²) < 4.78 is 1.78. The molecular formula is C18H21N5O4. The topological polar surface area (TPSA) is 119 Å². The molecule has 0 aliphatic heterocycles. The van der Waals surface area contributed by atoms with E-state index in [1.807, 2.05) is 0 Å². The van der Waals surface area contributed by atoms with E-state index in [4.69, 9.17) is 0 Å². The lowest BCUT2D eigenvalue weighted by Gasteiger charge is -2.18. The Balaban J connectivity index is 1.63. The van der Waals surface area contributed by atoms with Crippen LogP contribution in [0.2, 0.25) is 0 Å². The van der Waals surface area contributed by atoms with E-state index in [0.717, 1.165) is 12.8 Å². The molecule has 1 fully saturated rings. The molecule has 1 aliphatic carbocycles. The number of benzene rings is 1. The van der Waals surface area contributed by atoms with Gasteiger partial charge in [0.05, 0.1) is 17.2 Å². The molecule has 27 heavy (non-hydrogen) atoms. The maximum absolute atomic E-state index is 12.4. The second-order valence-electron chi connectivity index (χ2n) is 6.73. The van der Waals surface area contributed by atoms with Gasteiger partial charge in [0.25, 0.3) is 11.6 Å². The Hall–Kier alpha value is -3.23. The van der Waals surface area contributed by atoms with Gasteiger partial charge in [-0.25, -0.2) is 4.68 Å². The Morgan fingerprint density at radius 2 is 2.04 bits per heavy atom. The number of nitro groups is 1. The van der Waals surface area contributed by atoms with Gasteiger partial charge in [-0.1, -0.05) is 6.07 Å². The molecule has 1 aromatic heterocycles. The number of nitrogens with zero attached hydrogens (tertiary/aromatic N) is 3. The van der Waals surface area contributed by atoms with Gasteiger partial charge in [0.15, 0.2) is 0 Å². The van der Waals surface area contributed by atoms with Crippen molar-refractivity contribution in [1.29, 1.82) is 0 Å². The molecule has 1 heterocycles. The van der Waals surface area contributed by atoms with Crippen molar-refractivity contribution in [3.8, 4) is 0 Å². The van der Waals surface area contributed by atoms with Gasteiger partial charge in [-0.05, 0) is 38.7 Å². The number of carbonyl (C=O) groups is 2.